The van der Waals surface area contributed by atoms with Crippen LogP contribution in [0.15, 0.2) is 18.3 Å². The van der Waals surface area contributed by atoms with E-state index in [2.05, 4.69) is 10.3 Å². The first kappa shape index (κ1) is 12.6. The summed E-state index contributed by atoms with van der Waals surface area (Å²) in [6, 6.07) is 3.24. The zero-order valence-corrected chi connectivity index (χ0v) is 9.90. The van der Waals surface area contributed by atoms with Crippen LogP contribution in [-0.2, 0) is 0 Å². The summed E-state index contributed by atoms with van der Waals surface area (Å²) in [4.78, 5) is 15.9. The number of rotatable bonds is 4. The zero-order chi connectivity index (χ0) is 12.1. The quantitative estimate of drug-likeness (QED) is 0.803. The number of hydrogen-bond donors (Lipinski definition) is 2. The Morgan fingerprint density at radius 1 is 1.56 bits per heavy atom. The van der Waals surface area contributed by atoms with Gasteiger partial charge >= 0.3 is 0 Å². The topological polar surface area (TPSA) is 62.2 Å². The number of aliphatic hydroxyl groups excluding tert-OH is 1. The Kier molecular flexibility index (Phi) is 4.43. The first-order chi connectivity index (χ1) is 7.56. The molecule has 4 heteroatoms. The van der Waals surface area contributed by atoms with Crippen LogP contribution < -0.4 is 5.32 Å². The minimum Gasteiger partial charge on any atom is -0.394 e. The molecule has 1 heterocycles. The summed E-state index contributed by atoms with van der Waals surface area (Å²) in [5, 5.41) is 11.9. The highest BCUT2D eigenvalue weighted by Gasteiger charge is 2.17. The lowest BCUT2D eigenvalue weighted by Crippen LogP contribution is -2.41. The number of nitrogens with one attached hydrogen (secondary N) is 1. The Balaban J connectivity index is 2.76. The summed E-state index contributed by atoms with van der Waals surface area (Å²) in [7, 11) is 0. The average molecular weight is 222 g/mol. The Hall–Kier alpha value is -1.42. The third-order valence-corrected chi connectivity index (χ3v) is 2.57. The third kappa shape index (κ3) is 3.03. The standard InChI is InChI=1S/C12H18N2O2/c1-8(2)11(7-15)14-12(16)10-5-4-6-13-9(10)3/h4-6,8,11,15H,7H2,1-3H3,(H,14,16)/t11-/m1/s1. The van der Waals surface area contributed by atoms with Gasteiger partial charge < -0.3 is 10.4 Å². The lowest BCUT2D eigenvalue weighted by atomic mass is 10.0. The van der Waals surface area contributed by atoms with E-state index < -0.39 is 0 Å². The highest BCUT2D eigenvalue weighted by Crippen LogP contribution is 2.06. The number of aromatic nitrogens is 1. The lowest BCUT2D eigenvalue weighted by molar-refractivity contribution is 0.0896. The van der Waals surface area contributed by atoms with Crippen LogP contribution in [0.5, 0.6) is 0 Å². The van der Waals surface area contributed by atoms with Crippen molar-refractivity contribution < 1.29 is 9.90 Å². The molecule has 16 heavy (non-hydrogen) atoms. The van der Waals surface area contributed by atoms with Gasteiger partial charge in [0.05, 0.1) is 18.2 Å². The van der Waals surface area contributed by atoms with E-state index in [0.29, 0.717) is 11.3 Å². The minimum atomic E-state index is -0.216. The van der Waals surface area contributed by atoms with Crippen molar-refractivity contribution in [3.05, 3.63) is 29.6 Å². The van der Waals surface area contributed by atoms with Gasteiger partial charge in [0.25, 0.3) is 5.91 Å². The van der Waals surface area contributed by atoms with Crippen LogP contribution >= 0.6 is 0 Å². The van der Waals surface area contributed by atoms with Gasteiger partial charge in [-0.15, -0.1) is 0 Å². The van der Waals surface area contributed by atoms with E-state index in [4.69, 9.17) is 5.11 Å². The van der Waals surface area contributed by atoms with Crippen LogP contribution in [-0.4, -0.2) is 28.6 Å². The van der Waals surface area contributed by atoms with Crippen LogP contribution in [0.2, 0.25) is 0 Å². The van der Waals surface area contributed by atoms with Crippen LogP contribution in [0.3, 0.4) is 0 Å². The SMILES string of the molecule is Cc1ncccc1C(=O)N[C@H](CO)C(C)C. The summed E-state index contributed by atoms with van der Waals surface area (Å²) >= 11 is 0. The maximum absolute atomic E-state index is 11.9. The van der Waals surface area contributed by atoms with Crippen molar-refractivity contribution in [3.63, 3.8) is 0 Å². The van der Waals surface area contributed by atoms with Gasteiger partial charge in [-0.05, 0) is 25.0 Å². The van der Waals surface area contributed by atoms with Crippen molar-refractivity contribution in [1.29, 1.82) is 0 Å². The molecule has 1 amide bonds. The first-order valence-corrected chi connectivity index (χ1v) is 5.39. The van der Waals surface area contributed by atoms with Crippen molar-refractivity contribution >= 4 is 5.91 Å². The number of carbonyl (C=O) groups excluding carboxylic acids is 1. The Bertz CT molecular complexity index is 364. The van der Waals surface area contributed by atoms with Gasteiger partial charge in [-0.1, -0.05) is 13.8 Å². The van der Waals surface area contributed by atoms with Gasteiger partial charge in [-0.3, -0.25) is 9.78 Å². The monoisotopic (exact) mass is 222 g/mol. The molecule has 0 aliphatic carbocycles. The summed E-state index contributed by atoms with van der Waals surface area (Å²) in [6.07, 6.45) is 1.65. The summed E-state index contributed by atoms with van der Waals surface area (Å²) in [5.41, 5.74) is 1.25. The van der Waals surface area contributed by atoms with Crippen molar-refractivity contribution in [3.8, 4) is 0 Å². The van der Waals surface area contributed by atoms with E-state index >= 15 is 0 Å². The normalized spacial score (nSPS) is 12.6. The van der Waals surface area contributed by atoms with Crippen molar-refractivity contribution in [2.45, 2.75) is 26.8 Å². The molecule has 0 radical (unpaired) electrons. The van der Waals surface area contributed by atoms with Crippen LogP contribution in [0.25, 0.3) is 0 Å². The first-order valence-electron chi connectivity index (χ1n) is 5.39. The van der Waals surface area contributed by atoms with E-state index in [0.717, 1.165) is 0 Å². The van der Waals surface area contributed by atoms with Gasteiger partial charge in [0.15, 0.2) is 0 Å². The fourth-order valence-corrected chi connectivity index (χ4v) is 1.39. The second-order valence-corrected chi connectivity index (χ2v) is 4.14. The molecule has 0 spiro atoms. The highest BCUT2D eigenvalue weighted by atomic mass is 16.3. The molecule has 0 aliphatic heterocycles. The number of amides is 1. The molecule has 1 atom stereocenters. The summed E-state index contributed by atoms with van der Waals surface area (Å²) in [5.74, 6) is 0.0178. The number of aryl methyl sites for hydroxylation is 1. The number of carbonyl (C=O) groups is 1. The molecule has 4 nitrogen and oxygen atoms in total. The molecular formula is C12H18N2O2. The number of pyridine rings is 1. The van der Waals surface area contributed by atoms with Gasteiger partial charge in [-0.25, -0.2) is 0 Å². The molecule has 2 N–H and O–H groups in total. The maximum Gasteiger partial charge on any atom is 0.253 e. The average Bonchev–Trinajstić information content (AvgIpc) is 2.25. The molecule has 1 aromatic rings. The predicted octanol–water partition coefficient (Wildman–Crippen LogP) is 1.14. The number of hydrogen-bond acceptors (Lipinski definition) is 3. The Labute approximate surface area is 95.7 Å². The molecule has 0 aliphatic rings. The molecule has 88 valence electrons. The zero-order valence-electron chi connectivity index (χ0n) is 9.90. The van der Waals surface area contributed by atoms with Crippen LogP contribution in [0, 0.1) is 12.8 Å². The summed E-state index contributed by atoms with van der Waals surface area (Å²) < 4.78 is 0. The molecule has 1 rings (SSSR count). The maximum atomic E-state index is 11.9. The number of nitrogens with zero attached hydrogens (tertiary/aromatic N) is 1. The fourth-order valence-electron chi connectivity index (χ4n) is 1.39. The van der Waals surface area contributed by atoms with Gasteiger partial charge in [-0.2, -0.15) is 0 Å². The molecular weight excluding hydrogens is 204 g/mol. The van der Waals surface area contributed by atoms with Gasteiger partial charge in [0, 0.05) is 11.9 Å². The lowest BCUT2D eigenvalue weighted by Gasteiger charge is -2.20. The minimum absolute atomic E-state index is 0.0529. The molecule has 0 aromatic carbocycles. The molecule has 1 aromatic heterocycles. The third-order valence-electron chi connectivity index (χ3n) is 2.57. The van der Waals surface area contributed by atoms with Crippen LogP contribution in [0.1, 0.15) is 29.9 Å². The van der Waals surface area contributed by atoms with E-state index in [9.17, 15) is 4.79 Å². The summed E-state index contributed by atoms with van der Waals surface area (Å²) in [6.45, 7) is 5.65. The second-order valence-electron chi connectivity index (χ2n) is 4.14. The van der Waals surface area contributed by atoms with E-state index in [1.54, 1.807) is 25.3 Å². The molecule has 0 unspecified atom stereocenters. The largest absolute Gasteiger partial charge is 0.394 e. The molecule has 0 fully saturated rings. The number of aliphatic hydroxyl groups is 1. The Morgan fingerprint density at radius 2 is 2.25 bits per heavy atom. The van der Waals surface area contributed by atoms with Crippen molar-refractivity contribution in [2.24, 2.45) is 5.92 Å². The smallest absolute Gasteiger partial charge is 0.253 e. The van der Waals surface area contributed by atoms with Crippen LogP contribution in [0.4, 0.5) is 0 Å². The predicted molar refractivity (Wildman–Crippen MR) is 62.2 cm³/mol. The van der Waals surface area contributed by atoms with Crippen molar-refractivity contribution in [2.75, 3.05) is 6.61 Å². The van der Waals surface area contributed by atoms with E-state index in [1.165, 1.54) is 0 Å². The molecule has 0 bridgehead atoms. The fraction of sp³-hybridized carbons (Fsp3) is 0.500. The Morgan fingerprint density at radius 3 is 2.75 bits per heavy atom. The van der Waals surface area contributed by atoms with E-state index in [1.807, 2.05) is 13.8 Å². The van der Waals surface area contributed by atoms with Gasteiger partial charge in [0.2, 0.25) is 0 Å². The molecule has 0 saturated carbocycles. The van der Waals surface area contributed by atoms with Gasteiger partial charge in [0.1, 0.15) is 0 Å². The highest BCUT2D eigenvalue weighted by molar-refractivity contribution is 5.95. The van der Waals surface area contributed by atoms with Crippen molar-refractivity contribution in [1.82, 2.24) is 10.3 Å². The molecule has 0 saturated heterocycles. The second kappa shape index (κ2) is 5.61. The van der Waals surface area contributed by atoms with E-state index in [-0.39, 0.29) is 24.5 Å².